The van der Waals surface area contributed by atoms with Gasteiger partial charge >= 0.3 is 0 Å². The molecule has 1 saturated carbocycles. The van der Waals surface area contributed by atoms with Crippen LogP contribution < -0.4 is 10.1 Å². The Morgan fingerprint density at radius 1 is 1.16 bits per heavy atom. The number of thioether (sulfide) groups is 1. The lowest BCUT2D eigenvalue weighted by Crippen LogP contribution is -2.19. The van der Waals surface area contributed by atoms with Crippen molar-refractivity contribution in [3.8, 4) is 5.75 Å². The van der Waals surface area contributed by atoms with E-state index >= 15 is 0 Å². The van der Waals surface area contributed by atoms with Crippen LogP contribution >= 0.6 is 50.9 Å². The molecule has 4 rings (SSSR count). The maximum Gasteiger partial charge on any atom is 0.234 e. The van der Waals surface area contributed by atoms with Gasteiger partial charge in [-0.2, -0.15) is 0 Å². The fraction of sp³-hybridized carbons (Fsp3) is 0.444. The van der Waals surface area contributed by atoms with Gasteiger partial charge in [0.1, 0.15) is 12.4 Å². The van der Waals surface area contributed by atoms with Crippen LogP contribution in [0.5, 0.6) is 5.75 Å². The molecule has 0 radical (unpaired) electrons. The quantitative estimate of drug-likeness (QED) is 0.241. The zero-order valence-electron chi connectivity index (χ0n) is 21.2. The molecule has 1 heterocycles. The molecule has 1 fully saturated rings. The van der Waals surface area contributed by atoms with Crippen LogP contribution in [0.4, 0.5) is 5.69 Å². The highest BCUT2D eigenvalue weighted by atomic mass is 79.9. The molecule has 1 amide bonds. The molecule has 0 saturated heterocycles. The molecule has 0 bridgehead atoms. The van der Waals surface area contributed by atoms with Gasteiger partial charge < -0.3 is 10.1 Å². The average Bonchev–Trinajstić information content (AvgIpc) is 3.28. The Kier molecular flexibility index (Phi) is 9.84. The van der Waals surface area contributed by atoms with Gasteiger partial charge in [0.25, 0.3) is 0 Å². The predicted octanol–water partition coefficient (Wildman–Crippen LogP) is 8.59. The maximum atomic E-state index is 12.7. The monoisotopic (exact) mass is 624 g/mol. The molecule has 1 aromatic heterocycles. The number of anilines is 1. The molecule has 2 aromatic carbocycles. The van der Waals surface area contributed by atoms with E-state index in [-0.39, 0.29) is 11.7 Å². The van der Waals surface area contributed by atoms with Crippen LogP contribution in [0, 0.1) is 6.92 Å². The zero-order chi connectivity index (χ0) is 26.5. The molecule has 3 aromatic rings. The molecule has 6 nitrogen and oxygen atoms in total. The molecule has 1 N–H and O–H groups in total. The third-order valence-electron chi connectivity index (χ3n) is 6.48. The number of rotatable bonds is 9. The summed E-state index contributed by atoms with van der Waals surface area (Å²) in [5.41, 5.74) is 2.88. The summed E-state index contributed by atoms with van der Waals surface area (Å²) in [6.45, 7) is 6.70. The van der Waals surface area contributed by atoms with Crippen molar-refractivity contribution in [1.82, 2.24) is 14.8 Å². The number of ether oxygens (including phenoxy) is 1. The first-order valence-electron chi connectivity index (χ1n) is 12.5. The van der Waals surface area contributed by atoms with Crippen molar-refractivity contribution in [2.75, 3.05) is 11.1 Å². The second-order valence-corrected chi connectivity index (χ2v) is 12.2. The molecular formula is C27H31BrCl2N4O2S. The van der Waals surface area contributed by atoms with E-state index in [1.165, 1.54) is 31.0 Å². The molecule has 37 heavy (non-hydrogen) atoms. The normalized spacial score (nSPS) is 14.2. The smallest absolute Gasteiger partial charge is 0.234 e. The van der Waals surface area contributed by atoms with Crippen molar-refractivity contribution in [1.29, 1.82) is 0 Å². The van der Waals surface area contributed by atoms with Crippen LogP contribution in [-0.2, 0) is 11.4 Å². The number of benzene rings is 2. The first-order chi connectivity index (χ1) is 17.7. The first-order valence-corrected chi connectivity index (χ1v) is 15.0. The van der Waals surface area contributed by atoms with Gasteiger partial charge in [0, 0.05) is 16.2 Å². The minimum absolute atomic E-state index is 0.147. The summed E-state index contributed by atoms with van der Waals surface area (Å²) in [5, 5.41) is 13.4. The third kappa shape index (κ3) is 7.22. The lowest BCUT2D eigenvalue weighted by atomic mass is 9.95. The Morgan fingerprint density at radius 3 is 2.62 bits per heavy atom. The Hall–Kier alpha value is -1.74. The van der Waals surface area contributed by atoms with Gasteiger partial charge in [-0.1, -0.05) is 84.0 Å². The largest absolute Gasteiger partial charge is 0.485 e. The maximum absolute atomic E-state index is 12.7. The van der Waals surface area contributed by atoms with Crippen LogP contribution in [0.25, 0.3) is 0 Å². The van der Waals surface area contributed by atoms with Crippen LogP contribution in [0.3, 0.4) is 0 Å². The second kappa shape index (κ2) is 12.9. The van der Waals surface area contributed by atoms with Crippen molar-refractivity contribution >= 4 is 62.5 Å². The second-order valence-electron chi connectivity index (χ2n) is 9.61. The minimum Gasteiger partial charge on any atom is -0.485 e. The van der Waals surface area contributed by atoms with Crippen LogP contribution in [0.1, 0.15) is 74.9 Å². The van der Waals surface area contributed by atoms with E-state index in [0.29, 0.717) is 34.3 Å². The molecule has 0 atom stereocenters. The van der Waals surface area contributed by atoms with Gasteiger partial charge in [-0.25, -0.2) is 0 Å². The SMILES string of the molecule is Cc1cc(OCc2nnc(SCC(=O)Nc3ccc(Cl)c(Cl)c3)n2C2CCCCC2)c(C(C)C)cc1Br. The topological polar surface area (TPSA) is 69.0 Å². The lowest BCUT2D eigenvalue weighted by Gasteiger charge is -2.25. The number of aromatic nitrogens is 3. The van der Waals surface area contributed by atoms with Gasteiger partial charge in [-0.3, -0.25) is 9.36 Å². The van der Waals surface area contributed by atoms with Gasteiger partial charge in [0.2, 0.25) is 5.91 Å². The Morgan fingerprint density at radius 2 is 1.92 bits per heavy atom. The number of carbonyl (C=O) groups excluding carboxylic acids is 1. The number of aryl methyl sites for hydroxylation is 1. The molecule has 198 valence electrons. The first kappa shape index (κ1) is 28.3. The van der Waals surface area contributed by atoms with Crippen molar-refractivity contribution in [2.24, 2.45) is 0 Å². The number of hydrogen-bond donors (Lipinski definition) is 1. The Balaban J connectivity index is 1.50. The highest BCUT2D eigenvalue weighted by molar-refractivity contribution is 9.10. The highest BCUT2D eigenvalue weighted by Crippen LogP contribution is 2.35. The third-order valence-corrected chi connectivity index (χ3v) is 9.02. The van der Waals surface area contributed by atoms with Gasteiger partial charge in [0.05, 0.1) is 15.8 Å². The number of carbonyl (C=O) groups is 1. The van der Waals surface area contributed by atoms with Crippen LogP contribution in [-0.4, -0.2) is 26.4 Å². The molecule has 0 unspecified atom stereocenters. The summed E-state index contributed by atoms with van der Waals surface area (Å²) in [6, 6.07) is 9.54. The molecule has 1 aliphatic carbocycles. The number of hydrogen-bond acceptors (Lipinski definition) is 5. The minimum atomic E-state index is -0.147. The molecule has 1 aliphatic rings. The number of halogens is 3. The van der Waals surface area contributed by atoms with E-state index in [9.17, 15) is 4.79 Å². The summed E-state index contributed by atoms with van der Waals surface area (Å²) < 4.78 is 9.60. The standard InChI is InChI=1S/C27H31BrCl2N4O2S/c1-16(2)20-13-21(28)17(3)11-24(20)36-14-25-32-33-27(34(25)19-7-5-4-6-8-19)37-15-26(35)31-18-9-10-22(29)23(30)12-18/h9-13,16,19H,4-8,14-15H2,1-3H3,(H,31,35). The summed E-state index contributed by atoms with van der Waals surface area (Å²) in [4.78, 5) is 12.7. The van der Waals surface area contributed by atoms with E-state index in [2.05, 4.69) is 68.9 Å². The van der Waals surface area contributed by atoms with E-state index in [0.717, 1.165) is 45.2 Å². The van der Waals surface area contributed by atoms with Gasteiger partial charge in [-0.15, -0.1) is 10.2 Å². The molecule has 0 aliphatic heterocycles. The van der Waals surface area contributed by atoms with E-state index in [4.69, 9.17) is 27.9 Å². The molecule has 10 heteroatoms. The number of nitrogens with one attached hydrogen (secondary N) is 1. The van der Waals surface area contributed by atoms with Gasteiger partial charge in [-0.05, 0) is 67.1 Å². The van der Waals surface area contributed by atoms with E-state index in [1.807, 2.05) is 0 Å². The molecule has 0 spiro atoms. The summed E-state index contributed by atoms with van der Waals surface area (Å²) in [6.07, 6.45) is 5.74. The van der Waals surface area contributed by atoms with Crippen LogP contribution in [0.2, 0.25) is 10.0 Å². The van der Waals surface area contributed by atoms with E-state index in [1.54, 1.807) is 18.2 Å². The van der Waals surface area contributed by atoms with Gasteiger partial charge in [0.15, 0.2) is 11.0 Å². The van der Waals surface area contributed by atoms with E-state index < -0.39 is 0 Å². The van der Waals surface area contributed by atoms with Crippen molar-refractivity contribution in [3.05, 3.63) is 61.8 Å². The summed E-state index contributed by atoms with van der Waals surface area (Å²) in [7, 11) is 0. The Labute approximate surface area is 241 Å². The lowest BCUT2D eigenvalue weighted by molar-refractivity contribution is -0.113. The fourth-order valence-corrected chi connectivity index (χ4v) is 5.98. The summed E-state index contributed by atoms with van der Waals surface area (Å²) in [5.74, 6) is 2.03. The number of nitrogens with zero attached hydrogens (tertiary/aromatic N) is 3. The predicted molar refractivity (Wildman–Crippen MR) is 155 cm³/mol. The van der Waals surface area contributed by atoms with Crippen molar-refractivity contribution in [3.63, 3.8) is 0 Å². The van der Waals surface area contributed by atoms with Crippen molar-refractivity contribution < 1.29 is 9.53 Å². The van der Waals surface area contributed by atoms with Crippen molar-refractivity contribution in [2.45, 2.75) is 76.6 Å². The fourth-order valence-electron chi connectivity index (χ4n) is 4.50. The highest BCUT2D eigenvalue weighted by Gasteiger charge is 2.24. The number of amides is 1. The van der Waals surface area contributed by atoms with Crippen LogP contribution in [0.15, 0.2) is 40.0 Å². The summed E-state index contributed by atoms with van der Waals surface area (Å²) >= 11 is 17.1. The Bertz CT molecular complexity index is 1260. The zero-order valence-corrected chi connectivity index (χ0v) is 25.1. The average molecular weight is 626 g/mol. The molecular weight excluding hydrogens is 595 g/mol.